The molecule has 2 aromatic carbocycles. The first kappa shape index (κ1) is 27.0. The molecule has 0 saturated carbocycles. The third-order valence-electron chi connectivity index (χ3n) is 6.56. The number of rotatable bonds is 9. The van der Waals surface area contributed by atoms with Gasteiger partial charge in [0.1, 0.15) is 4.90 Å². The number of hydrogen-bond acceptors (Lipinski definition) is 9. The highest BCUT2D eigenvalue weighted by atomic mass is 32.2. The smallest absolute Gasteiger partial charge is 0.270 e. The van der Waals surface area contributed by atoms with Gasteiger partial charge in [-0.3, -0.25) is 15.1 Å². The highest BCUT2D eigenvalue weighted by molar-refractivity contribution is 7.89. The number of ether oxygens (including phenoxy) is 2. The van der Waals surface area contributed by atoms with Crippen LogP contribution in [0.15, 0.2) is 46.3 Å². The van der Waals surface area contributed by atoms with E-state index in [1.807, 2.05) is 18.7 Å². The van der Waals surface area contributed by atoms with Crippen LogP contribution in [-0.2, 0) is 19.5 Å². The maximum Gasteiger partial charge on any atom is 0.270 e. The topological polar surface area (TPSA) is 118 Å². The van der Waals surface area contributed by atoms with Crippen LogP contribution in [0.25, 0.3) is 0 Å². The third kappa shape index (κ3) is 6.09. The number of aliphatic imine (C=N–C) groups is 1. The molecule has 12 heteroatoms. The van der Waals surface area contributed by atoms with Crippen LogP contribution >= 0.6 is 0 Å². The standard InChI is InChI=1S/C25H33N5O6S/c1-3-27(4-2)23-8-6-22(30(31)32)17-20(23)19-26-21-5-7-24(28-9-13-35-14-10-28)25(18-21)37(33,34)29-11-15-36-16-12-29/h5-8,17-19H,3-4,9-16H2,1-2H3. The van der Waals surface area contributed by atoms with Crippen LogP contribution in [0.4, 0.5) is 22.7 Å². The number of benzene rings is 2. The summed E-state index contributed by atoms with van der Waals surface area (Å²) in [5, 5.41) is 11.4. The van der Waals surface area contributed by atoms with Gasteiger partial charge in [0.15, 0.2) is 0 Å². The van der Waals surface area contributed by atoms with Crippen LogP contribution in [0, 0.1) is 10.1 Å². The molecule has 2 aliphatic heterocycles. The van der Waals surface area contributed by atoms with E-state index < -0.39 is 14.9 Å². The first-order valence-corrected chi connectivity index (χ1v) is 13.9. The number of nitro benzene ring substituents is 1. The number of nitrogens with zero attached hydrogens (tertiary/aromatic N) is 5. The van der Waals surface area contributed by atoms with Crippen molar-refractivity contribution in [1.29, 1.82) is 0 Å². The van der Waals surface area contributed by atoms with Crippen molar-refractivity contribution in [3.05, 3.63) is 52.1 Å². The molecular formula is C25H33N5O6S. The van der Waals surface area contributed by atoms with E-state index >= 15 is 0 Å². The largest absolute Gasteiger partial charge is 0.379 e. The molecule has 0 bridgehead atoms. The Morgan fingerprint density at radius 3 is 2.27 bits per heavy atom. The van der Waals surface area contributed by atoms with Crippen LogP contribution in [0.3, 0.4) is 0 Å². The van der Waals surface area contributed by atoms with E-state index in [0.717, 1.165) is 18.8 Å². The van der Waals surface area contributed by atoms with Crippen LogP contribution in [-0.4, -0.2) is 89.6 Å². The predicted molar refractivity (Wildman–Crippen MR) is 143 cm³/mol. The molecule has 4 rings (SSSR count). The minimum atomic E-state index is -3.80. The van der Waals surface area contributed by atoms with Crippen molar-refractivity contribution in [3.8, 4) is 0 Å². The molecule has 11 nitrogen and oxygen atoms in total. The molecule has 0 amide bonds. The highest BCUT2D eigenvalue weighted by Gasteiger charge is 2.31. The molecule has 2 aliphatic rings. The van der Waals surface area contributed by atoms with Crippen molar-refractivity contribution in [1.82, 2.24) is 4.31 Å². The molecule has 37 heavy (non-hydrogen) atoms. The lowest BCUT2D eigenvalue weighted by molar-refractivity contribution is -0.384. The number of nitro groups is 1. The fourth-order valence-corrected chi connectivity index (χ4v) is 6.18. The predicted octanol–water partition coefficient (Wildman–Crippen LogP) is 3.05. The van der Waals surface area contributed by atoms with Gasteiger partial charge in [0.05, 0.1) is 42.7 Å². The molecule has 2 aromatic rings. The number of sulfonamides is 1. The summed E-state index contributed by atoms with van der Waals surface area (Å²) in [6.07, 6.45) is 1.57. The van der Waals surface area contributed by atoms with E-state index in [-0.39, 0.29) is 10.6 Å². The average Bonchev–Trinajstić information content (AvgIpc) is 2.93. The van der Waals surface area contributed by atoms with Crippen molar-refractivity contribution in [2.24, 2.45) is 4.99 Å². The zero-order chi connectivity index (χ0) is 26.4. The molecule has 200 valence electrons. The Morgan fingerprint density at radius 1 is 1.00 bits per heavy atom. The minimum Gasteiger partial charge on any atom is -0.379 e. The van der Waals surface area contributed by atoms with Gasteiger partial charge in [-0.2, -0.15) is 4.31 Å². The van der Waals surface area contributed by atoms with E-state index in [9.17, 15) is 18.5 Å². The molecule has 0 atom stereocenters. The van der Waals surface area contributed by atoms with Gasteiger partial charge >= 0.3 is 0 Å². The van der Waals surface area contributed by atoms with E-state index in [1.165, 1.54) is 16.4 Å². The second-order valence-electron chi connectivity index (χ2n) is 8.70. The van der Waals surface area contributed by atoms with Gasteiger partial charge in [-0.25, -0.2) is 8.42 Å². The van der Waals surface area contributed by atoms with E-state index in [2.05, 4.69) is 9.89 Å². The quantitative estimate of drug-likeness (QED) is 0.275. The maximum atomic E-state index is 13.7. The normalized spacial score (nSPS) is 17.3. The van der Waals surface area contributed by atoms with E-state index in [1.54, 1.807) is 30.5 Å². The zero-order valence-corrected chi connectivity index (χ0v) is 22.0. The fraction of sp³-hybridized carbons (Fsp3) is 0.480. The lowest BCUT2D eigenvalue weighted by Crippen LogP contribution is -2.42. The molecule has 0 aliphatic carbocycles. The Morgan fingerprint density at radius 2 is 1.65 bits per heavy atom. The molecule has 2 saturated heterocycles. The third-order valence-corrected chi connectivity index (χ3v) is 8.49. The van der Waals surface area contributed by atoms with E-state index in [0.29, 0.717) is 69.5 Å². The Hall–Kier alpha value is -3.06. The molecular weight excluding hydrogens is 498 g/mol. The monoisotopic (exact) mass is 531 g/mol. The van der Waals surface area contributed by atoms with Gasteiger partial charge < -0.3 is 19.3 Å². The number of hydrogen-bond donors (Lipinski definition) is 0. The second kappa shape index (κ2) is 12.0. The van der Waals surface area contributed by atoms with Crippen molar-refractivity contribution < 1.29 is 22.8 Å². The van der Waals surface area contributed by atoms with Gasteiger partial charge in [0.2, 0.25) is 10.0 Å². The van der Waals surface area contributed by atoms with E-state index in [4.69, 9.17) is 9.47 Å². The molecule has 2 heterocycles. The summed E-state index contributed by atoms with van der Waals surface area (Å²) in [5.41, 5.74) is 2.45. The summed E-state index contributed by atoms with van der Waals surface area (Å²) in [6, 6.07) is 9.83. The summed E-state index contributed by atoms with van der Waals surface area (Å²) in [6.45, 7) is 9.00. The fourth-order valence-electron chi connectivity index (χ4n) is 4.54. The van der Waals surface area contributed by atoms with Gasteiger partial charge in [-0.1, -0.05) is 0 Å². The first-order chi connectivity index (χ1) is 17.8. The SMILES string of the molecule is CCN(CC)c1ccc([N+](=O)[O-])cc1C=Nc1ccc(N2CCOCC2)c(S(=O)(=O)N2CCOCC2)c1. The summed E-state index contributed by atoms with van der Waals surface area (Å²) in [4.78, 5) is 19.8. The van der Waals surface area contributed by atoms with Gasteiger partial charge in [-0.15, -0.1) is 0 Å². The van der Waals surface area contributed by atoms with Crippen LogP contribution in [0.1, 0.15) is 19.4 Å². The van der Waals surface area contributed by atoms with Crippen LogP contribution in [0.5, 0.6) is 0 Å². The summed E-state index contributed by atoms with van der Waals surface area (Å²) in [5.74, 6) is 0. The van der Waals surface area contributed by atoms with Crippen molar-refractivity contribution in [2.75, 3.05) is 75.5 Å². The Bertz CT molecular complexity index is 1240. The summed E-state index contributed by atoms with van der Waals surface area (Å²) < 4.78 is 39.7. The van der Waals surface area contributed by atoms with Crippen molar-refractivity contribution >= 4 is 39.0 Å². The molecule has 0 aromatic heterocycles. The Balaban J connectivity index is 1.75. The first-order valence-electron chi connectivity index (χ1n) is 12.5. The molecule has 0 N–H and O–H groups in total. The van der Waals surface area contributed by atoms with Gasteiger partial charge in [-0.05, 0) is 38.1 Å². The lowest BCUT2D eigenvalue weighted by Gasteiger charge is -2.32. The van der Waals surface area contributed by atoms with Crippen molar-refractivity contribution in [3.63, 3.8) is 0 Å². The molecule has 0 unspecified atom stereocenters. The Kier molecular flexibility index (Phi) is 8.75. The van der Waals surface area contributed by atoms with Crippen LogP contribution < -0.4 is 9.80 Å². The summed E-state index contributed by atoms with van der Waals surface area (Å²) >= 11 is 0. The van der Waals surface area contributed by atoms with Gasteiger partial charge in [0.25, 0.3) is 5.69 Å². The van der Waals surface area contributed by atoms with Gasteiger partial charge in [0, 0.05) is 68.9 Å². The summed E-state index contributed by atoms with van der Waals surface area (Å²) in [7, 11) is -3.80. The Labute approximate surface area is 217 Å². The minimum absolute atomic E-state index is 0.0318. The molecule has 0 radical (unpaired) electrons. The second-order valence-corrected chi connectivity index (χ2v) is 10.6. The zero-order valence-electron chi connectivity index (χ0n) is 21.2. The average molecular weight is 532 g/mol. The number of non-ortho nitro benzene ring substituents is 1. The van der Waals surface area contributed by atoms with Crippen molar-refractivity contribution in [2.45, 2.75) is 18.7 Å². The lowest BCUT2D eigenvalue weighted by atomic mass is 10.1. The van der Waals surface area contributed by atoms with Crippen LogP contribution in [0.2, 0.25) is 0 Å². The molecule has 2 fully saturated rings. The highest BCUT2D eigenvalue weighted by Crippen LogP contribution is 2.33. The maximum absolute atomic E-state index is 13.7. The molecule has 0 spiro atoms. The number of morpholine rings is 2. The number of anilines is 2.